The lowest BCUT2D eigenvalue weighted by Gasteiger charge is -2.71. The molecule has 1 amide bonds. The van der Waals surface area contributed by atoms with Gasteiger partial charge in [-0.25, -0.2) is 9.59 Å². The van der Waals surface area contributed by atoms with Crippen LogP contribution in [0, 0.1) is 50.7 Å². The van der Waals surface area contributed by atoms with E-state index in [-0.39, 0.29) is 32.8 Å². The van der Waals surface area contributed by atoms with Crippen molar-refractivity contribution in [1.82, 2.24) is 0 Å². The summed E-state index contributed by atoms with van der Waals surface area (Å²) in [6, 6.07) is 4.36. The fourth-order valence-corrected chi connectivity index (χ4v) is 12.9. The Morgan fingerprint density at radius 3 is 2.38 bits per heavy atom. The number of anilines is 1. The molecule has 288 valence electrons. The quantitative estimate of drug-likeness (QED) is 0.110. The third-order valence-corrected chi connectivity index (χ3v) is 15.5. The number of hydrogen-bond donors (Lipinski definition) is 3. The van der Waals surface area contributed by atoms with Crippen LogP contribution in [0.2, 0.25) is 0 Å². The monoisotopic (exact) mass is 729 g/mol. The number of hydrogen-bond acceptors (Lipinski definition) is 7. The van der Waals surface area contributed by atoms with Crippen LogP contribution < -0.4 is 5.32 Å². The van der Waals surface area contributed by atoms with E-state index in [1.807, 2.05) is 0 Å². The first-order chi connectivity index (χ1) is 25.0. The van der Waals surface area contributed by atoms with Crippen molar-refractivity contribution < 1.29 is 38.8 Å². The second-order valence-electron chi connectivity index (χ2n) is 18.9. The number of amides is 1. The number of fused-ring (bicyclic) bond motifs is 7. The predicted molar refractivity (Wildman–Crippen MR) is 203 cm³/mol. The van der Waals surface area contributed by atoms with Crippen LogP contribution in [0.4, 0.5) is 5.69 Å². The summed E-state index contributed by atoms with van der Waals surface area (Å²) in [6.45, 7) is 16.3. The summed E-state index contributed by atoms with van der Waals surface area (Å²) >= 11 is 0. The number of phenolic OH excluding ortho intramolecular Hbond substituents is 1. The first kappa shape index (κ1) is 37.9. The molecular formula is C44H59NO8. The van der Waals surface area contributed by atoms with E-state index < -0.39 is 23.6 Å². The highest BCUT2D eigenvalue weighted by Gasteiger charge is 2.71. The van der Waals surface area contributed by atoms with E-state index in [1.165, 1.54) is 43.2 Å². The van der Waals surface area contributed by atoms with Gasteiger partial charge in [0.05, 0.1) is 13.2 Å². The molecule has 6 aliphatic rings. The third kappa shape index (κ3) is 6.27. The number of carboxylic acid groups (broad SMARTS) is 1. The second-order valence-corrected chi connectivity index (χ2v) is 18.9. The Bertz CT molecular complexity index is 1730. The first-order valence-corrected chi connectivity index (χ1v) is 19.8. The minimum absolute atomic E-state index is 0.0361. The fourth-order valence-electron chi connectivity index (χ4n) is 12.9. The number of aliphatic carboxylic acids is 1. The fraction of sp³-hybridized carbons (Fsp3) is 0.659. The molecule has 3 N–H and O–H groups in total. The topological polar surface area (TPSA) is 131 Å². The zero-order valence-electron chi connectivity index (χ0n) is 32.5. The highest BCUT2D eigenvalue weighted by Crippen LogP contribution is 2.76. The Hall–Kier alpha value is -3.43. The van der Waals surface area contributed by atoms with Crippen molar-refractivity contribution in [2.24, 2.45) is 50.7 Å². The Morgan fingerprint density at radius 2 is 1.64 bits per heavy atom. The Kier molecular flexibility index (Phi) is 9.57. The van der Waals surface area contributed by atoms with Crippen LogP contribution in [0.5, 0.6) is 5.75 Å². The zero-order valence-corrected chi connectivity index (χ0v) is 32.5. The van der Waals surface area contributed by atoms with Crippen LogP contribution >= 0.6 is 0 Å². The van der Waals surface area contributed by atoms with Gasteiger partial charge in [-0.15, -0.1) is 0 Å². The van der Waals surface area contributed by atoms with Gasteiger partial charge in [-0.2, -0.15) is 0 Å². The minimum atomic E-state index is -1.24. The predicted octanol–water partition coefficient (Wildman–Crippen LogP) is 8.68. The van der Waals surface area contributed by atoms with Gasteiger partial charge in [0.2, 0.25) is 5.91 Å². The third-order valence-electron chi connectivity index (χ3n) is 15.5. The van der Waals surface area contributed by atoms with Crippen molar-refractivity contribution >= 4 is 29.6 Å². The number of carbonyl (C=O) groups excluding carboxylic acids is 2. The Labute approximate surface area is 314 Å². The molecule has 1 aromatic carbocycles. The lowest BCUT2D eigenvalue weighted by Crippen LogP contribution is -2.67. The van der Waals surface area contributed by atoms with Crippen LogP contribution in [0.15, 0.2) is 48.1 Å². The van der Waals surface area contributed by atoms with E-state index in [2.05, 4.69) is 52.9 Å². The number of carbonyl (C=O) groups is 3. The molecular weight excluding hydrogens is 670 g/mol. The van der Waals surface area contributed by atoms with Crippen molar-refractivity contribution in [3.63, 3.8) is 0 Å². The van der Waals surface area contributed by atoms with Gasteiger partial charge < -0.3 is 29.7 Å². The van der Waals surface area contributed by atoms with E-state index in [1.54, 1.807) is 5.57 Å². The number of ether oxygens (including phenoxy) is 3. The highest BCUT2D eigenvalue weighted by atomic mass is 16.7. The van der Waals surface area contributed by atoms with Gasteiger partial charge in [-0.3, -0.25) is 4.79 Å². The molecule has 9 nitrogen and oxygen atoms in total. The molecule has 1 saturated heterocycles. The van der Waals surface area contributed by atoms with Gasteiger partial charge >= 0.3 is 11.9 Å². The summed E-state index contributed by atoms with van der Waals surface area (Å²) in [4.78, 5) is 36.9. The number of esters is 1. The lowest BCUT2D eigenvalue weighted by molar-refractivity contribution is -0.308. The number of aromatic hydroxyl groups is 1. The molecule has 0 bridgehead atoms. The maximum Gasteiger partial charge on any atom is 0.330 e. The zero-order chi connectivity index (χ0) is 38.0. The van der Waals surface area contributed by atoms with Gasteiger partial charge in [-0.05, 0) is 122 Å². The SMILES string of the molecule is CC1(C)CCC2CC[C@]3(COC(=O)/C=C/c4cc(O)ccc4NC(=O)/C=C/C(=O)O)C(=CCC4[C@@]5(C)CCC6(OCCO6)C(C)(C)C5CC[C@]43C)C2C1. The van der Waals surface area contributed by atoms with Crippen molar-refractivity contribution in [1.29, 1.82) is 0 Å². The second kappa shape index (κ2) is 13.4. The number of allylic oxidation sites excluding steroid dienone is 1. The van der Waals surface area contributed by atoms with E-state index in [0.717, 1.165) is 63.5 Å². The largest absolute Gasteiger partial charge is 0.508 e. The molecule has 4 unspecified atom stereocenters. The van der Waals surface area contributed by atoms with Gasteiger partial charge in [0, 0.05) is 46.7 Å². The number of phenols is 1. The molecule has 7 rings (SSSR count). The average Bonchev–Trinajstić information content (AvgIpc) is 3.59. The van der Waals surface area contributed by atoms with Gasteiger partial charge in [0.1, 0.15) is 12.4 Å². The van der Waals surface area contributed by atoms with Crippen LogP contribution in [0.25, 0.3) is 6.08 Å². The molecule has 0 radical (unpaired) electrons. The molecule has 7 atom stereocenters. The molecule has 4 saturated carbocycles. The number of benzene rings is 1. The summed E-state index contributed by atoms with van der Waals surface area (Å²) in [6.07, 6.45) is 18.1. The summed E-state index contributed by atoms with van der Waals surface area (Å²) < 4.78 is 19.3. The molecule has 53 heavy (non-hydrogen) atoms. The first-order valence-electron chi connectivity index (χ1n) is 19.8. The maximum absolute atomic E-state index is 13.7. The van der Waals surface area contributed by atoms with Crippen molar-refractivity contribution in [2.75, 3.05) is 25.1 Å². The molecule has 1 aromatic rings. The smallest absolute Gasteiger partial charge is 0.330 e. The molecule has 5 aliphatic carbocycles. The lowest BCUT2D eigenvalue weighted by atomic mass is 9.34. The van der Waals surface area contributed by atoms with E-state index in [9.17, 15) is 19.5 Å². The number of carboxylic acids is 1. The van der Waals surface area contributed by atoms with E-state index >= 15 is 0 Å². The normalized spacial score (nSPS) is 36.5. The minimum Gasteiger partial charge on any atom is -0.508 e. The summed E-state index contributed by atoms with van der Waals surface area (Å²) in [5.41, 5.74) is 2.14. The molecule has 1 aliphatic heterocycles. The Morgan fingerprint density at radius 1 is 0.906 bits per heavy atom. The van der Waals surface area contributed by atoms with Gasteiger partial charge in [-0.1, -0.05) is 53.2 Å². The highest BCUT2D eigenvalue weighted by molar-refractivity contribution is 6.03. The van der Waals surface area contributed by atoms with Crippen molar-refractivity contribution in [3.05, 3.63) is 53.6 Å². The number of nitrogens with one attached hydrogen (secondary N) is 1. The Balaban J connectivity index is 1.19. The molecule has 1 spiro atoms. The van der Waals surface area contributed by atoms with Crippen LogP contribution in [-0.4, -0.2) is 53.7 Å². The summed E-state index contributed by atoms with van der Waals surface area (Å²) in [5, 5.41) is 21.7. The molecule has 9 heteroatoms. The average molecular weight is 730 g/mol. The molecule has 1 heterocycles. The van der Waals surface area contributed by atoms with E-state index in [0.29, 0.717) is 54.7 Å². The number of rotatable bonds is 7. The molecule has 0 aromatic heterocycles. The van der Waals surface area contributed by atoms with Gasteiger partial charge in [0.25, 0.3) is 0 Å². The van der Waals surface area contributed by atoms with Crippen LogP contribution in [0.3, 0.4) is 0 Å². The van der Waals surface area contributed by atoms with Crippen LogP contribution in [0.1, 0.15) is 111 Å². The van der Waals surface area contributed by atoms with Gasteiger partial charge in [0.15, 0.2) is 5.79 Å². The standard InChI is InChI=1S/C44H59NO8/c1-39(2)18-15-28-16-20-43(27-51-38(50)14-7-29-25-30(46)8-10-33(29)45-36(47)12-13-37(48)49)32(31(28)26-39)9-11-35-41(5)21-22-44(52-23-24-53-44)40(3,4)34(41)17-19-42(35,43)6/h7-10,12-14,25,28,31,34-35,46H,11,15-24,26-27H2,1-6H3,(H,45,47)(H,48,49)/b13-12+,14-7+/t28?,31?,34?,35?,41-,42+,43-/m0/s1. The van der Waals surface area contributed by atoms with Crippen molar-refractivity contribution in [3.8, 4) is 5.75 Å². The molecule has 5 fully saturated rings. The van der Waals surface area contributed by atoms with Crippen LogP contribution in [-0.2, 0) is 28.6 Å². The van der Waals surface area contributed by atoms with Crippen molar-refractivity contribution in [2.45, 2.75) is 112 Å². The summed E-state index contributed by atoms with van der Waals surface area (Å²) in [7, 11) is 0. The maximum atomic E-state index is 13.7. The summed E-state index contributed by atoms with van der Waals surface area (Å²) in [5.74, 6) is -0.881. The van der Waals surface area contributed by atoms with E-state index in [4.69, 9.17) is 19.3 Å².